The predicted octanol–water partition coefficient (Wildman–Crippen LogP) is 8.35. The fraction of sp³-hybridized carbons (Fsp3) is 0.172. The van der Waals surface area contributed by atoms with Gasteiger partial charge in [-0.15, -0.1) is 0 Å². The van der Waals surface area contributed by atoms with Gasteiger partial charge >= 0.3 is 0 Å². The summed E-state index contributed by atoms with van der Waals surface area (Å²) < 4.78 is 0. The predicted molar refractivity (Wildman–Crippen MR) is 126 cm³/mol. The number of benzene rings is 4. The van der Waals surface area contributed by atoms with E-state index in [0.29, 0.717) is 0 Å². The minimum atomic E-state index is 0.0145. The number of hydrogen-bond acceptors (Lipinski definition) is 0. The normalized spacial score (nSPS) is 13.1. The van der Waals surface area contributed by atoms with E-state index >= 15 is 0 Å². The Morgan fingerprint density at radius 3 is 1.69 bits per heavy atom. The molecule has 0 saturated carbocycles. The number of rotatable bonds is 2. The van der Waals surface area contributed by atoms with Crippen molar-refractivity contribution in [1.29, 1.82) is 0 Å². The Morgan fingerprint density at radius 1 is 0.448 bits per heavy atom. The first-order valence-corrected chi connectivity index (χ1v) is 10.6. The van der Waals surface area contributed by atoms with Gasteiger partial charge in [0.05, 0.1) is 0 Å². The molecule has 0 unspecified atom stereocenters. The van der Waals surface area contributed by atoms with Gasteiger partial charge in [0.15, 0.2) is 0 Å². The maximum atomic E-state index is 2.35. The van der Waals surface area contributed by atoms with Crippen molar-refractivity contribution in [3.8, 4) is 33.4 Å². The third kappa shape index (κ3) is 3.19. The van der Waals surface area contributed by atoms with Crippen molar-refractivity contribution in [3.05, 3.63) is 108 Å². The first-order chi connectivity index (χ1) is 14.2. The van der Waals surface area contributed by atoms with Gasteiger partial charge < -0.3 is 0 Å². The van der Waals surface area contributed by atoms with Crippen LogP contribution in [-0.2, 0) is 5.41 Å². The Hall–Kier alpha value is -3.12. The molecule has 5 rings (SSSR count). The van der Waals surface area contributed by atoms with Crippen LogP contribution in [0.1, 0.15) is 38.8 Å². The van der Waals surface area contributed by atoms with Crippen LogP contribution in [0.3, 0.4) is 0 Å². The summed E-state index contributed by atoms with van der Waals surface area (Å²) in [7, 11) is 0. The molecule has 0 heterocycles. The summed E-state index contributed by atoms with van der Waals surface area (Å²) in [6.45, 7) is 8.69. The minimum absolute atomic E-state index is 0.0145. The molecule has 4 aromatic rings. The van der Waals surface area contributed by atoms with Crippen LogP contribution in [0.4, 0.5) is 0 Å². The fourth-order valence-corrected chi connectivity index (χ4v) is 4.56. The Bertz CT molecular complexity index is 1120. The molecular weight excluding hydrogens is 348 g/mol. The molecular formula is C29H28. The molecule has 4 aromatic carbocycles. The van der Waals surface area contributed by atoms with Crippen molar-refractivity contribution in [2.45, 2.75) is 33.1 Å². The van der Waals surface area contributed by atoms with Crippen LogP contribution < -0.4 is 0 Å². The molecule has 0 N–H and O–H groups in total. The van der Waals surface area contributed by atoms with E-state index < -0.39 is 0 Å². The number of fused-ring (bicyclic) bond motifs is 3. The Kier molecular flexibility index (Phi) is 5.11. The molecule has 144 valence electrons. The standard InChI is InChI=1S/C27H22.C2H6/c1-27(2)25-14-7-6-11-23(25)24-13-8-12-22(26(24)27)21-17-15-20(16-18-21)19-9-4-3-5-10-19;1-2/h3-18H,1-2H3;1-2H3. The van der Waals surface area contributed by atoms with E-state index in [0.717, 1.165) is 0 Å². The van der Waals surface area contributed by atoms with Gasteiger partial charge in [-0.05, 0) is 44.5 Å². The summed E-state index contributed by atoms with van der Waals surface area (Å²) in [6.07, 6.45) is 0. The summed E-state index contributed by atoms with van der Waals surface area (Å²) in [5, 5.41) is 0. The second-order valence-corrected chi connectivity index (χ2v) is 7.84. The first-order valence-electron chi connectivity index (χ1n) is 10.6. The second kappa shape index (κ2) is 7.72. The first kappa shape index (κ1) is 19.2. The molecule has 1 aliphatic carbocycles. The molecule has 0 saturated heterocycles. The molecule has 1 aliphatic rings. The van der Waals surface area contributed by atoms with Gasteiger partial charge in [-0.2, -0.15) is 0 Å². The van der Waals surface area contributed by atoms with Crippen LogP contribution in [0, 0.1) is 0 Å². The molecule has 0 aliphatic heterocycles. The van der Waals surface area contributed by atoms with E-state index in [2.05, 4.69) is 111 Å². The summed E-state index contributed by atoms with van der Waals surface area (Å²) in [4.78, 5) is 0. The van der Waals surface area contributed by atoms with Crippen molar-refractivity contribution < 1.29 is 0 Å². The van der Waals surface area contributed by atoms with Gasteiger partial charge in [0.1, 0.15) is 0 Å². The Labute approximate surface area is 174 Å². The zero-order valence-corrected chi connectivity index (χ0v) is 17.7. The molecule has 0 heteroatoms. The summed E-state index contributed by atoms with van der Waals surface area (Å²) in [5.74, 6) is 0. The molecule has 0 radical (unpaired) electrons. The van der Waals surface area contributed by atoms with E-state index in [1.54, 1.807) is 0 Å². The third-order valence-electron chi connectivity index (χ3n) is 5.88. The molecule has 0 spiro atoms. The van der Waals surface area contributed by atoms with Crippen LogP contribution in [0.5, 0.6) is 0 Å². The average molecular weight is 377 g/mol. The largest absolute Gasteiger partial charge is 0.0683 e. The minimum Gasteiger partial charge on any atom is -0.0683 e. The topological polar surface area (TPSA) is 0 Å². The van der Waals surface area contributed by atoms with E-state index in [-0.39, 0.29) is 5.41 Å². The molecule has 0 aromatic heterocycles. The molecule has 0 amide bonds. The average Bonchev–Trinajstić information content (AvgIpc) is 3.03. The molecule has 0 bridgehead atoms. The third-order valence-corrected chi connectivity index (χ3v) is 5.88. The maximum Gasteiger partial charge on any atom is 0.0165 e. The molecule has 0 nitrogen and oxygen atoms in total. The number of hydrogen-bond donors (Lipinski definition) is 0. The van der Waals surface area contributed by atoms with Gasteiger partial charge in [0.25, 0.3) is 0 Å². The van der Waals surface area contributed by atoms with E-state index in [4.69, 9.17) is 0 Å². The SMILES string of the molecule is CC.CC1(C)c2ccccc2-c2cccc(-c3ccc(-c4ccccc4)cc3)c21. The molecule has 29 heavy (non-hydrogen) atoms. The van der Waals surface area contributed by atoms with Crippen LogP contribution in [0.2, 0.25) is 0 Å². The lowest BCUT2D eigenvalue weighted by Gasteiger charge is -2.24. The van der Waals surface area contributed by atoms with E-state index in [1.165, 1.54) is 44.5 Å². The monoisotopic (exact) mass is 376 g/mol. The van der Waals surface area contributed by atoms with Crippen LogP contribution in [-0.4, -0.2) is 0 Å². The molecule has 0 atom stereocenters. The fourth-order valence-electron chi connectivity index (χ4n) is 4.56. The van der Waals surface area contributed by atoms with Crippen LogP contribution in [0.15, 0.2) is 97.1 Å². The van der Waals surface area contributed by atoms with Gasteiger partial charge in [-0.1, -0.05) is 125 Å². The van der Waals surface area contributed by atoms with Crippen LogP contribution >= 0.6 is 0 Å². The summed E-state index contributed by atoms with van der Waals surface area (Å²) in [5.41, 5.74) is 10.8. The van der Waals surface area contributed by atoms with Gasteiger partial charge in [-0.25, -0.2) is 0 Å². The zero-order valence-electron chi connectivity index (χ0n) is 17.7. The second-order valence-electron chi connectivity index (χ2n) is 7.84. The highest BCUT2D eigenvalue weighted by molar-refractivity contribution is 5.88. The zero-order chi connectivity index (χ0) is 20.4. The lowest BCUT2D eigenvalue weighted by Crippen LogP contribution is -2.16. The van der Waals surface area contributed by atoms with Crippen LogP contribution in [0.25, 0.3) is 33.4 Å². The van der Waals surface area contributed by atoms with Crippen molar-refractivity contribution in [1.82, 2.24) is 0 Å². The Balaban J connectivity index is 0.000000994. The van der Waals surface area contributed by atoms with Crippen molar-refractivity contribution in [2.24, 2.45) is 0 Å². The van der Waals surface area contributed by atoms with Gasteiger partial charge in [-0.3, -0.25) is 0 Å². The van der Waals surface area contributed by atoms with Crippen molar-refractivity contribution in [3.63, 3.8) is 0 Å². The van der Waals surface area contributed by atoms with E-state index in [1.807, 2.05) is 13.8 Å². The molecule has 0 fully saturated rings. The quantitative estimate of drug-likeness (QED) is 0.330. The summed E-state index contributed by atoms with van der Waals surface area (Å²) in [6, 6.07) is 35.1. The smallest absolute Gasteiger partial charge is 0.0165 e. The van der Waals surface area contributed by atoms with Gasteiger partial charge in [0.2, 0.25) is 0 Å². The van der Waals surface area contributed by atoms with E-state index in [9.17, 15) is 0 Å². The highest BCUT2D eigenvalue weighted by Gasteiger charge is 2.37. The highest BCUT2D eigenvalue weighted by atomic mass is 14.4. The van der Waals surface area contributed by atoms with Crippen molar-refractivity contribution in [2.75, 3.05) is 0 Å². The van der Waals surface area contributed by atoms with Crippen molar-refractivity contribution >= 4 is 0 Å². The Morgan fingerprint density at radius 2 is 0.966 bits per heavy atom. The lowest BCUT2D eigenvalue weighted by atomic mass is 9.79. The lowest BCUT2D eigenvalue weighted by molar-refractivity contribution is 0.662. The summed E-state index contributed by atoms with van der Waals surface area (Å²) >= 11 is 0. The maximum absolute atomic E-state index is 2.35. The highest BCUT2D eigenvalue weighted by Crippen LogP contribution is 2.51. The van der Waals surface area contributed by atoms with Gasteiger partial charge in [0, 0.05) is 5.41 Å².